The Kier molecular flexibility index (Phi) is 3.61. The summed E-state index contributed by atoms with van der Waals surface area (Å²) in [5.41, 5.74) is -1.34. The highest BCUT2D eigenvalue weighted by atomic mass is 19.4. The Morgan fingerprint density at radius 1 is 1.40 bits per heavy atom. The van der Waals surface area contributed by atoms with E-state index in [9.17, 15) is 13.2 Å². The molecule has 1 saturated heterocycles. The topological polar surface area (TPSA) is 49.2 Å². The van der Waals surface area contributed by atoms with Crippen LogP contribution in [0.5, 0.6) is 0 Å². The van der Waals surface area contributed by atoms with Gasteiger partial charge in [0.15, 0.2) is 0 Å². The second-order valence-electron chi connectivity index (χ2n) is 5.21. The quantitative estimate of drug-likeness (QED) is 0.795. The lowest BCUT2D eigenvalue weighted by atomic mass is 10.1. The van der Waals surface area contributed by atoms with Gasteiger partial charge in [0.25, 0.3) is 0 Å². The molecule has 1 fully saturated rings. The average molecular weight is 285 g/mol. The largest absolute Gasteiger partial charge is 0.433 e. The highest BCUT2D eigenvalue weighted by Gasteiger charge is 2.35. The molecule has 0 saturated carbocycles. The number of nitriles is 1. The van der Waals surface area contributed by atoms with Gasteiger partial charge < -0.3 is 9.64 Å². The van der Waals surface area contributed by atoms with Crippen molar-refractivity contribution in [2.45, 2.75) is 25.6 Å². The van der Waals surface area contributed by atoms with E-state index in [0.717, 1.165) is 12.1 Å². The molecule has 1 aliphatic heterocycles. The van der Waals surface area contributed by atoms with Crippen molar-refractivity contribution in [3.05, 3.63) is 23.4 Å². The summed E-state index contributed by atoms with van der Waals surface area (Å²) in [5, 5.41) is 9.04. The van der Waals surface area contributed by atoms with Crippen LogP contribution in [0.1, 0.15) is 25.1 Å². The van der Waals surface area contributed by atoms with Crippen molar-refractivity contribution in [3.63, 3.8) is 0 Å². The number of pyridine rings is 1. The van der Waals surface area contributed by atoms with Gasteiger partial charge in [0.2, 0.25) is 0 Å². The number of anilines is 1. The number of nitrogens with zero attached hydrogens (tertiary/aromatic N) is 3. The monoisotopic (exact) mass is 285 g/mol. The van der Waals surface area contributed by atoms with Crippen molar-refractivity contribution in [1.82, 2.24) is 4.98 Å². The van der Waals surface area contributed by atoms with Crippen molar-refractivity contribution in [3.8, 4) is 6.07 Å². The van der Waals surface area contributed by atoms with E-state index in [1.54, 1.807) is 4.90 Å². The van der Waals surface area contributed by atoms with Crippen LogP contribution in [0.15, 0.2) is 12.1 Å². The first-order chi connectivity index (χ1) is 9.23. The number of hydrogen-bond acceptors (Lipinski definition) is 4. The molecule has 0 atom stereocenters. The molecule has 1 aromatic heterocycles. The number of rotatable bonds is 1. The lowest BCUT2D eigenvalue weighted by Gasteiger charge is -2.39. The van der Waals surface area contributed by atoms with Gasteiger partial charge >= 0.3 is 6.18 Å². The van der Waals surface area contributed by atoms with Crippen LogP contribution in [0, 0.1) is 11.3 Å². The third kappa shape index (κ3) is 3.02. The fourth-order valence-electron chi connectivity index (χ4n) is 2.13. The molecule has 4 nitrogen and oxygen atoms in total. The Hall–Kier alpha value is -1.81. The maximum atomic E-state index is 12.7. The van der Waals surface area contributed by atoms with Gasteiger partial charge in [0, 0.05) is 13.1 Å². The third-order valence-electron chi connectivity index (χ3n) is 3.01. The van der Waals surface area contributed by atoms with Crippen molar-refractivity contribution < 1.29 is 17.9 Å². The maximum Gasteiger partial charge on any atom is 0.433 e. The van der Waals surface area contributed by atoms with Crippen molar-refractivity contribution in [2.75, 3.05) is 24.6 Å². The van der Waals surface area contributed by atoms with Crippen LogP contribution in [-0.2, 0) is 10.9 Å². The van der Waals surface area contributed by atoms with Crippen molar-refractivity contribution in [1.29, 1.82) is 5.26 Å². The molecule has 108 valence electrons. The van der Waals surface area contributed by atoms with Crippen LogP contribution in [-0.4, -0.2) is 30.3 Å². The zero-order valence-electron chi connectivity index (χ0n) is 11.2. The van der Waals surface area contributed by atoms with Crippen LogP contribution in [0.3, 0.4) is 0 Å². The molecular formula is C13H14F3N3O. The zero-order chi connectivity index (χ0) is 15.0. The molecule has 20 heavy (non-hydrogen) atoms. The predicted molar refractivity (Wildman–Crippen MR) is 66.2 cm³/mol. The van der Waals surface area contributed by atoms with Gasteiger partial charge in [-0.15, -0.1) is 0 Å². The van der Waals surface area contributed by atoms with E-state index in [-0.39, 0.29) is 11.4 Å². The second kappa shape index (κ2) is 4.94. The summed E-state index contributed by atoms with van der Waals surface area (Å²) < 4.78 is 43.7. The summed E-state index contributed by atoms with van der Waals surface area (Å²) in [6.07, 6.45) is -4.52. The van der Waals surface area contributed by atoms with Gasteiger partial charge in [-0.2, -0.15) is 18.4 Å². The summed E-state index contributed by atoms with van der Waals surface area (Å²) in [4.78, 5) is 5.29. The Balaban J connectivity index is 2.41. The molecule has 7 heteroatoms. The fourth-order valence-corrected chi connectivity index (χ4v) is 2.13. The molecule has 1 aliphatic rings. The van der Waals surface area contributed by atoms with E-state index < -0.39 is 17.5 Å². The molecule has 0 aliphatic carbocycles. The number of halogens is 3. The van der Waals surface area contributed by atoms with Crippen LogP contribution in [0.25, 0.3) is 0 Å². The Bertz CT molecular complexity index is 549. The predicted octanol–water partition coefficient (Wildman–Crippen LogP) is 2.59. The molecule has 0 radical (unpaired) electrons. The van der Waals surface area contributed by atoms with E-state index >= 15 is 0 Å². The Morgan fingerprint density at radius 2 is 2.10 bits per heavy atom. The minimum atomic E-state index is -4.52. The van der Waals surface area contributed by atoms with Gasteiger partial charge in [-0.25, -0.2) is 4.98 Å². The maximum absolute atomic E-state index is 12.7. The van der Waals surface area contributed by atoms with Gasteiger partial charge in [-0.1, -0.05) is 0 Å². The summed E-state index contributed by atoms with van der Waals surface area (Å²) in [5.74, 6) is 0.0682. The summed E-state index contributed by atoms with van der Waals surface area (Å²) >= 11 is 0. The van der Waals surface area contributed by atoms with Gasteiger partial charge in [-0.3, -0.25) is 0 Å². The molecular weight excluding hydrogens is 271 g/mol. The Morgan fingerprint density at radius 3 is 2.65 bits per heavy atom. The van der Waals surface area contributed by atoms with Crippen molar-refractivity contribution >= 4 is 5.82 Å². The molecule has 0 unspecified atom stereocenters. The van der Waals surface area contributed by atoms with Crippen LogP contribution in [0.2, 0.25) is 0 Å². The first-order valence-electron chi connectivity index (χ1n) is 6.10. The highest BCUT2D eigenvalue weighted by Crippen LogP contribution is 2.31. The lowest BCUT2D eigenvalue weighted by Crippen LogP contribution is -2.49. The van der Waals surface area contributed by atoms with Crippen molar-refractivity contribution in [2.24, 2.45) is 0 Å². The third-order valence-corrected chi connectivity index (χ3v) is 3.01. The van der Waals surface area contributed by atoms with Gasteiger partial charge in [-0.05, 0) is 26.0 Å². The summed E-state index contributed by atoms with van der Waals surface area (Å²) in [6, 6.07) is 3.87. The first-order valence-corrected chi connectivity index (χ1v) is 6.10. The molecule has 0 bridgehead atoms. The number of aromatic nitrogens is 1. The molecule has 2 heterocycles. The fraction of sp³-hybridized carbons (Fsp3) is 0.538. The number of hydrogen-bond donors (Lipinski definition) is 0. The Labute approximate surface area is 114 Å². The minimum Gasteiger partial charge on any atom is -0.372 e. The minimum absolute atomic E-state index is 0.0682. The van der Waals surface area contributed by atoms with E-state index in [1.165, 1.54) is 0 Å². The lowest BCUT2D eigenvalue weighted by molar-refractivity contribution is -0.141. The van der Waals surface area contributed by atoms with E-state index in [1.807, 2.05) is 19.9 Å². The standard InChI is InChI=1S/C13H14F3N3O/c1-12(2)8-19(5-6-20-12)11-9(7-17)3-4-10(18-11)13(14,15)16/h3-4H,5-6,8H2,1-2H3. The smallest absolute Gasteiger partial charge is 0.372 e. The SMILES string of the molecule is CC1(C)CN(c2nc(C(F)(F)F)ccc2C#N)CCO1. The molecule has 0 N–H and O–H groups in total. The van der Waals surface area contributed by atoms with E-state index in [0.29, 0.717) is 19.7 Å². The molecule has 1 aromatic rings. The van der Waals surface area contributed by atoms with Crippen LogP contribution < -0.4 is 4.90 Å². The van der Waals surface area contributed by atoms with Crippen LogP contribution >= 0.6 is 0 Å². The number of alkyl halides is 3. The van der Waals surface area contributed by atoms with Gasteiger partial charge in [0.05, 0.1) is 17.8 Å². The van der Waals surface area contributed by atoms with Crippen LogP contribution in [0.4, 0.5) is 19.0 Å². The van der Waals surface area contributed by atoms with Gasteiger partial charge in [0.1, 0.15) is 17.6 Å². The highest BCUT2D eigenvalue weighted by molar-refractivity contribution is 5.55. The second-order valence-corrected chi connectivity index (χ2v) is 5.21. The normalized spacial score (nSPS) is 18.7. The van der Waals surface area contributed by atoms with E-state index in [2.05, 4.69) is 4.98 Å². The first kappa shape index (κ1) is 14.6. The molecule has 0 amide bonds. The summed E-state index contributed by atoms with van der Waals surface area (Å²) in [7, 11) is 0. The number of ether oxygens (including phenoxy) is 1. The number of morpholine rings is 1. The van der Waals surface area contributed by atoms with E-state index in [4.69, 9.17) is 10.00 Å². The molecule has 0 aromatic carbocycles. The molecule has 2 rings (SSSR count). The average Bonchev–Trinajstić information content (AvgIpc) is 2.35. The molecule has 0 spiro atoms. The summed E-state index contributed by atoms with van der Waals surface area (Å²) in [6.45, 7) is 4.87. The zero-order valence-corrected chi connectivity index (χ0v) is 11.2.